The second-order valence-corrected chi connectivity index (χ2v) is 5.12. The van der Waals surface area contributed by atoms with Crippen LogP contribution in [0.1, 0.15) is 25.3 Å². The third kappa shape index (κ3) is 4.38. The molecule has 6 heteroatoms. The number of hydrogen-bond acceptors (Lipinski definition) is 3. The number of nitrogens with two attached hydrogens (primary N) is 1. The van der Waals surface area contributed by atoms with Gasteiger partial charge in [0.05, 0.1) is 12.2 Å². The average molecular weight is 289 g/mol. The lowest BCUT2D eigenvalue weighted by Crippen LogP contribution is -2.36. The molecule has 0 radical (unpaired) electrons. The van der Waals surface area contributed by atoms with Crippen LogP contribution in [0.25, 0.3) is 0 Å². The highest BCUT2D eigenvalue weighted by Crippen LogP contribution is 2.25. The minimum absolute atomic E-state index is 0.0242. The molecule has 20 heavy (non-hydrogen) atoms. The zero-order valence-corrected chi connectivity index (χ0v) is 11.2. The molecule has 0 spiro atoms. The Kier molecular flexibility index (Phi) is 4.55. The summed E-state index contributed by atoms with van der Waals surface area (Å²) in [6.07, 6.45) is -1.91. The summed E-state index contributed by atoms with van der Waals surface area (Å²) in [4.78, 5) is 0. The molecule has 1 aromatic rings. The largest absolute Gasteiger partial charge is 0.573 e. The smallest absolute Gasteiger partial charge is 0.406 e. The van der Waals surface area contributed by atoms with Crippen LogP contribution in [0.2, 0.25) is 0 Å². The first-order valence-electron chi connectivity index (χ1n) is 6.59. The van der Waals surface area contributed by atoms with Crippen LogP contribution in [0.3, 0.4) is 0 Å². The number of alkyl halides is 3. The van der Waals surface area contributed by atoms with Gasteiger partial charge in [0.1, 0.15) is 5.75 Å². The maximum atomic E-state index is 12.0. The van der Waals surface area contributed by atoms with E-state index in [1.54, 1.807) is 12.1 Å². The van der Waals surface area contributed by atoms with Crippen molar-refractivity contribution in [2.24, 2.45) is 5.73 Å². The number of hydrogen-bond donors (Lipinski definition) is 1. The molecule has 1 heterocycles. The van der Waals surface area contributed by atoms with Crippen molar-refractivity contribution >= 4 is 0 Å². The van der Waals surface area contributed by atoms with Gasteiger partial charge in [0.25, 0.3) is 0 Å². The van der Waals surface area contributed by atoms with Crippen molar-refractivity contribution in [2.45, 2.75) is 50.8 Å². The molecular weight excluding hydrogens is 271 g/mol. The van der Waals surface area contributed by atoms with Gasteiger partial charge in [-0.1, -0.05) is 12.1 Å². The Morgan fingerprint density at radius 2 is 1.95 bits per heavy atom. The van der Waals surface area contributed by atoms with Crippen LogP contribution in [0.5, 0.6) is 5.75 Å². The number of benzene rings is 1. The van der Waals surface area contributed by atoms with Gasteiger partial charge in [-0.2, -0.15) is 0 Å². The second kappa shape index (κ2) is 6.01. The molecule has 112 valence electrons. The molecule has 1 aliphatic rings. The molecule has 1 saturated heterocycles. The van der Waals surface area contributed by atoms with E-state index in [2.05, 4.69) is 4.74 Å². The summed E-state index contributed by atoms with van der Waals surface area (Å²) in [6.45, 7) is 2.01. The van der Waals surface area contributed by atoms with Gasteiger partial charge in [-0.05, 0) is 43.9 Å². The Morgan fingerprint density at radius 1 is 1.30 bits per heavy atom. The molecule has 3 atom stereocenters. The standard InChI is InChI=1S/C14H18F3NO2/c1-9-2-7-13(19-9)12(18)8-10-3-5-11(6-4-10)20-14(15,16)17/h3-6,9,12-13H,2,7-8,18H2,1H3. The molecule has 1 aromatic carbocycles. The van der Waals surface area contributed by atoms with Crippen molar-refractivity contribution in [3.8, 4) is 5.75 Å². The fraction of sp³-hybridized carbons (Fsp3) is 0.571. The van der Waals surface area contributed by atoms with Crippen LogP contribution in [0.15, 0.2) is 24.3 Å². The monoisotopic (exact) mass is 289 g/mol. The third-order valence-electron chi connectivity index (χ3n) is 3.37. The summed E-state index contributed by atoms with van der Waals surface area (Å²) in [5.41, 5.74) is 6.95. The summed E-state index contributed by atoms with van der Waals surface area (Å²) in [5, 5.41) is 0. The molecule has 0 saturated carbocycles. The van der Waals surface area contributed by atoms with E-state index in [1.165, 1.54) is 12.1 Å². The molecule has 1 fully saturated rings. The van der Waals surface area contributed by atoms with Crippen LogP contribution < -0.4 is 10.5 Å². The lowest BCUT2D eigenvalue weighted by atomic mass is 10.00. The molecule has 3 unspecified atom stereocenters. The van der Waals surface area contributed by atoms with Crippen molar-refractivity contribution in [3.63, 3.8) is 0 Å². The maximum absolute atomic E-state index is 12.0. The Bertz CT molecular complexity index is 433. The van der Waals surface area contributed by atoms with Crippen molar-refractivity contribution in [2.75, 3.05) is 0 Å². The van der Waals surface area contributed by atoms with E-state index in [-0.39, 0.29) is 24.0 Å². The van der Waals surface area contributed by atoms with Crippen LogP contribution >= 0.6 is 0 Å². The molecule has 0 amide bonds. The first-order chi connectivity index (χ1) is 9.33. The zero-order valence-electron chi connectivity index (χ0n) is 11.2. The van der Waals surface area contributed by atoms with E-state index in [9.17, 15) is 13.2 Å². The topological polar surface area (TPSA) is 44.5 Å². The Morgan fingerprint density at radius 3 is 2.45 bits per heavy atom. The molecule has 1 aliphatic heterocycles. The highest BCUT2D eigenvalue weighted by Gasteiger charge is 2.31. The molecule has 0 aliphatic carbocycles. The normalized spacial score (nSPS) is 24.6. The Balaban J connectivity index is 1.90. The summed E-state index contributed by atoms with van der Waals surface area (Å²) < 4.78 is 45.6. The average Bonchev–Trinajstić information content (AvgIpc) is 2.77. The number of rotatable bonds is 4. The Hall–Kier alpha value is -1.27. The number of halogens is 3. The number of ether oxygens (including phenoxy) is 2. The van der Waals surface area contributed by atoms with Crippen molar-refractivity contribution in [3.05, 3.63) is 29.8 Å². The highest BCUT2D eigenvalue weighted by molar-refractivity contribution is 5.28. The van der Waals surface area contributed by atoms with Gasteiger partial charge < -0.3 is 15.2 Å². The van der Waals surface area contributed by atoms with E-state index in [0.717, 1.165) is 18.4 Å². The molecule has 0 aromatic heterocycles. The lowest BCUT2D eigenvalue weighted by Gasteiger charge is -2.19. The summed E-state index contributed by atoms with van der Waals surface area (Å²) >= 11 is 0. The van der Waals surface area contributed by atoms with Crippen LogP contribution in [0.4, 0.5) is 13.2 Å². The second-order valence-electron chi connectivity index (χ2n) is 5.12. The van der Waals surface area contributed by atoms with Gasteiger partial charge in [0, 0.05) is 6.04 Å². The van der Waals surface area contributed by atoms with Gasteiger partial charge in [0.2, 0.25) is 0 Å². The van der Waals surface area contributed by atoms with E-state index >= 15 is 0 Å². The van der Waals surface area contributed by atoms with Crippen LogP contribution in [-0.4, -0.2) is 24.6 Å². The zero-order chi connectivity index (χ0) is 14.8. The van der Waals surface area contributed by atoms with Gasteiger partial charge in [0.15, 0.2) is 0 Å². The Labute approximate surface area is 115 Å². The first kappa shape index (κ1) is 15.1. The molecular formula is C14H18F3NO2. The third-order valence-corrected chi connectivity index (χ3v) is 3.37. The molecule has 2 rings (SSSR count). The fourth-order valence-electron chi connectivity index (χ4n) is 2.38. The fourth-order valence-corrected chi connectivity index (χ4v) is 2.38. The minimum atomic E-state index is -4.66. The first-order valence-corrected chi connectivity index (χ1v) is 6.59. The van der Waals surface area contributed by atoms with Gasteiger partial charge in [-0.3, -0.25) is 0 Å². The molecule has 3 nitrogen and oxygen atoms in total. The van der Waals surface area contributed by atoms with E-state index in [4.69, 9.17) is 10.5 Å². The SMILES string of the molecule is CC1CCC(C(N)Cc2ccc(OC(F)(F)F)cc2)O1. The van der Waals surface area contributed by atoms with E-state index in [1.807, 2.05) is 6.92 Å². The summed E-state index contributed by atoms with van der Waals surface area (Å²) in [6, 6.07) is 5.65. The van der Waals surface area contributed by atoms with E-state index in [0.29, 0.717) is 6.42 Å². The summed E-state index contributed by atoms with van der Waals surface area (Å²) in [7, 11) is 0. The quantitative estimate of drug-likeness (QED) is 0.926. The van der Waals surface area contributed by atoms with Crippen molar-refractivity contribution in [1.82, 2.24) is 0 Å². The van der Waals surface area contributed by atoms with Gasteiger partial charge in [-0.25, -0.2) is 0 Å². The maximum Gasteiger partial charge on any atom is 0.573 e. The predicted molar refractivity (Wildman–Crippen MR) is 68.4 cm³/mol. The molecule has 2 N–H and O–H groups in total. The van der Waals surface area contributed by atoms with E-state index < -0.39 is 6.36 Å². The lowest BCUT2D eigenvalue weighted by molar-refractivity contribution is -0.274. The molecule has 0 bridgehead atoms. The summed E-state index contributed by atoms with van der Waals surface area (Å²) in [5.74, 6) is -0.222. The van der Waals surface area contributed by atoms with Gasteiger partial charge in [-0.15, -0.1) is 13.2 Å². The highest BCUT2D eigenvalue weighted by atomic mass is 19.4. The predicted octanol–water partition coefficient (Wildman–Crippen LogP) is 3.02. The van der Waals surface area contributed by atoms with Gasteiger partial charge >= 0.3 is 6.36 Å². The minimum Gasteiger partial charge on any atom is -0.406 e. The van der Waals surface area contributed by atoms with Crippen molar-refractivity contribution < 1.29 is 22.6 Å². The van der Waals surface area contributed by atoms with Crippen molar-refractivity contribution in [1.29, 1.82) is 0 Å². The van der Waals surface area contributed by atoms with Crippen LogP contribution in [0, 0.1) is 0 Å². The van der Waals surface area contributed by atoms with Crippen LogP contribution in [-0.2, 0) is 11.2 Å².